The van der Waals surface area contributed by atoms with Crippen molar-refractivity contribution in [3.63, 3.8) is 0 Å². The molecule has 0 N–H and O–H groups in total. The maximum absolute atomic E-state index is 13.2. The van der Waals surface area contributed by atoms with Crippen molar-refractivity contribution in [2.45, 2.75) is 6.54 Å². The molecule has 1 heterocycles. The first-order valence-electron chi connectivity index (χ1n) is 6.60. The summed E-state index contributed by atoms with van der Waals surface area (Å²) in [5.41, 5.74) is 3.30. The summed E-state index contributed by atoms with van der Waals surface area (Å²) < 4.78 is 15.3. The SMILES string of the molecule is Fc1cccc(C[n+]2cccc(-c3ccccc3)c2)c1. The summed E-state index contributed by atoms with van der Waals surface area (Å²) in [5.74, 6) is -0.192. The van der Waals surface area contributed by atoms with Gasteiger partial charge in [0, 0.05) is 17.2 Å². The van der Waals surface area contributed by atoms with E-state index in [1.165, 1.54) is 11.6 Å². The zero-order valence-corrected chi connectivity index (χ0v) is 11.0. The van der Waals surface area contributed by atoms with Gasteiger partial charge in [0.2, 0.25) is 0 Å². The maximum Gasteiger partial charge on any atom is 0.176 e. The van der Waals surface area contributed by atoms with Gasteiger partial charge < -0.3 is 0 Å². The summed E-state index contributed by atoms with van der Waals surface area (Å²) in [4.78, 5) is 0. The third-order valence-electron chi connectivity index (χ3n) is 3.22. The van der Waals surface area contributed by atoms with Crippen LogP contribution in [0.25, 0.3) is 11.1 Å². The van der Waals surface area contributed by atoms with Crippen LogP contribution in [0.4, 0.5) is 4.39 Å². The highest BCUT2D eigenvalue weighted by Gasteiger charge is 2.06. The molecule has 3 aromatic rings. The summed E-state index contributed by atoms with van der Waals surface area (Å²) in [7, 11) is 0. The second-order valence-electron chi connectivity index (χ2n) is 4.76. The van der Waals surface area contributed by atoms with Gasteiger partial charge in [0.25, 0.3) is 0 Å². The first kappa shape index (κ1) is 12.5. The van der Waals surface area contributed by atoms with Crippen molar-refractivity contribution in [1.29, 1.82) is 0 Å². The number of nitrogens with zero attached hydrogens (tertiary/aromatic N) is 1. The Morgan fingerprint density at radius 3 is 2.40 bits per heavy atom. The molecule has 0 unspecified atom stereocenters. The lowest BCUT2D eigenvalue weighted by Gasteiger charge is -2.02. The van der Waals surface area contributed by atoms with Gasteiger partial charge in [-0.05, 0) is 23.8 Å². The average Bonchev–Trinajstić information content (AvgIpc) is 2.48. The molecule has 20 heavy (non-hydrogen) atoms. The predicted molar refractivity (Wildman–Crippen MR) is 77.6 cm³/mol. The summed E-state index contributed by atoms with van der Waals surface area (Å²) in [6.45, 7) is 0.665. The van der Waals surface area contributed by atoms with Gasteiger partial charge in [-0.3, -0.25) is 0 Å². The number of halogens is 1. The van der Waals surface area contributed by atoms with Crippen molar-refractivity contribution in [2.24, 2.45) is 0 Å². The molecule has 1 nitrogen and oxygen atoms in total. The standard InChI is InChI=1S/C18H15FN/c19-18-10-4-6-15(12-18)13-20-11-5-9-17(14-20)16-7-2-1-3-8-16/h1-12,14H,13H2/q+1. The summed E-state index contributed by atoms with van der Waals surface area (Å²) in [5, 5.41) is 0. The monoisotopic (exact) mass is 264 g/mol. The lowest BCUT2D eigenvalue weighted by Crippen LogP contribution is -2.33. The van der Waals surface area contributed by atoms with Crippen LogP contribution in [-0.4, -0.2) is 0 Å². The zero-order valence-electron chi connectivity index (χ0n) is 11.0. The number of hydrogen-bond donors (Lipinski definition) is 0. The van der Waals surface area contributed by atoms with Gasteiger partial charge in [-0.15, -0.1) is 0 Å². The Morgan fingerprint density at radius 1 is 0.800 bits per heavy atom. The average molecular weight is 264 g/mol. The fourth-order valence-corrected chi connectivity index (χ4v) is 2.27. The molecule has 2 heteroatoms. The lowest BCUT2D eigenvalue weighted by atomic mass is 10.1. The molecular formula is C18H15FN+. The Balaban J connectivity index is 1.88. The number of hydrogen-bond acceptors (Lipinski definition) is 0. The highest BCUT2D eigenvalue weighted by molar-refractivity contribution is 5.61. The van der Waals surface area contributed by atoms with Crippen LogP contribution in [0.1, 0.15) is 5.56 Å². The van der Waals surface area contributed by atoms with Crippen LogP contribution in [0.15, 0.2) is 79.1 Å². The zero-order chi connectivity index (χ0) is 13.8. The van der Waals surface area contributed by atoms with E-state index >= 15 is 0 Å². The van der Waals surface area contributed by atoms with Gasteiger partial charge in [0.15, 0.2) is 18.9 Å². The van der Waals surface area contributed by atoms with Gasteiger partial charge in [0.1, 0.15) is 5.82 Å². The number of pyridine rings is 1. The van der Waals surface area contributed by atoms with Crippen LogP contribution in [-0.2, 0) is 6.54 Å². The van der Waals surface area contributed by atoms with E-state index < -0.39 is 0 Å². The number of aromatic nitrogens is 1. The molecule has 0 bridgehead atoms. The Labute approximate surface area is 118 Å². The number of benzene rings is 2. The molecule has 0 aliphatic rings. The van der Waals surface area contributed by atoms with E-state index in [0.717, 1.165) is 11.1 Å². The van der Waals surface area contributed by atoms with Gasteiger partial charge in [-0.1, -0.05) is 42.5 Å². The second kappa shape index (κ2) is 5.66. The minimum absolute atomic E-state index is 0.192. The largest absolute Gasteiger partial charge is 0.207 e. The van der Waals surface area contributed by atoms with Crippen LogP contribution < -0.4 is 4.57 Å². The lowest BCUT2D eigenvalue weighted by molar-refractivity contribution is -0.687. The molecule has 0 saturated carbocycles. The van der Waals surface area contributed by atoms with Crippen LogP contribution >= 0.6 is 0 Å². The Morgan fingerprint density at radius 2 is 1.60 bits per heavy atom. The third-order valence-corrected chi connectivity index (χ3v) is 3.22. The Kier molecular flexibility index (Phi) is 3.55. The highest BCUT2D eigenvalue weighted by atomic mass is 19.1. The van der Waals surface area contributed by atoms with E-state index in [1.807, 2.05) is 36.5 Å². The molecule has 0 radical (unpaired) electrons. The molecular weight excluding hydrogens is 249 g/mol. The number of rotatable bonds is 3. The molecule has 0 spiro atoms. The van der Waals surface area contributed by atoms with E-state index in [0.29, 0.717) is 6.54 Å². The molecule has 1 aromatic heterocycles. The second-order valence-corrected chi connectivity index (χ2v) is 4.76. The van der Waals surface area contributed by atoms with E-state index in [1.54, 1.807) is 12.1 Å². The predicted octanol–water partition coefficient (Wildman–Crippen LogP) is 3.83. The van der Waals surface area contributed by atoms with Crippen LogP contribution in [0.5, 0.6) is 0 Å². The first-order chi connectivity index (χ1) is 9.81. The molecule has 0 fully saturated rings. The Hall–Kier alpha value is -2.48. The van der Waals surface area contributed by atoms with Crippen LogP contribution in [0, 0.1) is 5.82 Å². The van der Waals surface area contributed by atoms with Crippen molar-refractivity contribution in [2.75, 3.05) is 0 Å². The summed E-state index contributed by atoms with van der Waals surface area (Å²) in [6, 6.07) is 21.0. The molecule has 98 valence electrons. The first-order valence-corrected chi connectivity index (χ1v) is 6.60. The van der Waals surface area contributed by atoms with E-state index in [4.69, 9.17) is 0 Å². The molecule has 0 atom stereocenters. The minimum atomic E-state index is -0.192. The third kappa shape index (κ3) is 2.91. The van der Waals surface area contributed by atoms with Crippen LogP contribution in [0.3, 0.4) is 0 Å². The quantitative estimate of drug-likeness (QED) is 0.633. The van der Waals surface area contributed by atoms with Gasteiger partial charge in [0.05, 0.1) is 0 Å². The molecule has 0 amide bonds. The smallest absolute Gasteiger partial charge is 0.176 e. The van der Waals surface area contributed by atoms with Crippen molar-refractivity contribution >= 4 is 0 Å². The van der Waals surface area contributed by atoms with Crippen molar-refractivity contribution in [1.82, 2.24) is 0 Å². The van der Waals surface area contributed by atoms with Crippen molar-refractivity contribution in [3.8, 4) is 11.1 Å². The molecule has 3 rings (SSSR count). The van der Waals surface area contributed by atoms with Gasteiger partial charge >= 0.3 is 0 Å². The molecule has 2 aromatic carbocycles. The van der Waals surface area contributed by atoms with Crippen LogP contribution in [0.2, 0.25) is 0 Å². The maximum atomic E-state index is 13.2. The molecule has 0 aliphatic carbocycles. The van der Waals surface area contributed by atoms with E-state index in [2.05, 4.69) is 29.0 Å². The van der Waals surface area contributed by atoms with Crippen molar-refractivity contribution < 1.29 is 8.96 Å². The summed E-state index contributed by atoms with van der Waals surface area (Å²) in [6.07, 6.45) is 4.08. The Bertz CT molecular complexity index is 707. The normalized spacial score (nSPS) is 10.4. The fourth-order valence-electron chi connectivity index (χ4n) is 2.27. The topological polar surface area (TPSA) is 3.88 Å². The van der Waals surface area contributed by atoms with Gasteiger partial charge in [-0.2, -0.15) is 0 Å². The van der Waals surface area contributed by atoms with E-state index in [9.17, 15) is 4.39 Å². The highest BCUT2D eigenvalue weighted by Crippen LogP contribution is 2.16. The van der Waals surface area contributed by atoms with E-state index in [-0.39, 0.29) is 5.82 Å². The molecule has 0 saturated heterocycles. The van der Waals surface area contributed by atoms with Crippen molar-refractivity contribution in [3.05, 3.63) is 90.5 Å². The molecule has 0 aliphatic heterocycles. The minimum Gasteiger partial charge on any atom is -0.207 e. The van der Waals surface area contributed by atoms with Gasteiger partial charge in [-0.25, -0.2) is 8.96 Å². The fraction of sp³-hybridized carbons (Fsp3) is 0.0556. The summed E-state index contributed by atoms with van der Waals surface area (Å²) >= 11 is 0.